The van der Waals surface area contributed by atoms with Gasteiger partial charge < -0.3 is 25.1 Å². The second kappa shape index (κ2) is 19.8. The number of carbonyl (C=O) groups excluding carboxylic acids is 3. The van der Waals surface area contributed by atoms with Gasteiger partial charge in [0.05, 0.1) is 37.2 Å². The van der Waals surface area contributed by atoms with Crippen LogP contribution in [-0.4, -0.2) is 58.1 Å². The lowest BCUT2D eigenvalue weighted by atomic mass is 10.1. The smallest absolute Gasteiger partial charge is 0.435 e. The van der Waals surface area contributed by atoms with Crippen LogP contribution in [-0.2, 0) is 27.4 Å². The second-order valence-corrected chi connectivity index (χ2v) is 12.5. The number of fused-ring (bicyclic) bond motifs is 1. The number of pyridine rings is 1. The number of rotatable bonds is 19. The summed E-state index contributed by atoms with van der Waals surface area (Å²) >= 11 is 0. The molecular weight excluding hydrogens is 646 g/mol. The highest BCUT2D eigenvalue weighted by atomic mass is 16.5. The molecule has 0 bridgehead atoms. The minimum absolute atomic E-state index is 0.0462. The van der Waals surface area contributed by atoms with Gasteiger partial charge in [-0.1, -0.05) is 52.5 Å². The summed E-state index contributed by atoms with van der Waals surface area (Å²) < 4.78 is 12.5. The molecule has 2 aromatic heterocycles. The molecule has 0 aliphatic rings. The second-order valence-electron chi connectivity index (χ2n) is 12.5. The zero-order chi connectivity index (χ0) is 36.6. The lowest BCUT2D eigenvalue weighted by Crippen LogP contribution is -2.34. The minimum Gasteiger partial charge on any atom is -0.466 e. The van der Waals surface area contributed by atoms with E-state index in [0.29, 0.717) is 41.5 Å². The molecule has 2 heterocycles. The third kappa shape index (κ3) is 11.4. The van der Waals surface area contributed by atoms with Crippen LogP contribution in [0.3, 0.4) is 0 Å². The summed E-state index contributed by atoms with van der Waals surface area (Å²) in [4.78, 5) is 52.9. The number of carbonyl (C=O) groups is 3. The Morgan fingerprint density at radius 3 is 2.47 bits per heavy atom. The number of benzene rings is 2. The highest BCUT2D eigenvalue weighted by Crippen LogP contribution is 2.24. The maximum atomic E-state index is 13.9. The third-order valence-electron chi connectivity index (χ3n) is 8.70. The molecule has 12 nitrogen and oxygen atoms in total. The zero-order valence-corrected chi connectivity index (χ0v) is 30.3. The van der Waals surface area contributed by atoms with Gasteiger partial charge in [0.15, 0.2) is 0 Å². The molecular formula is C39H51N7O5. The number of hydrogen-bond donors (Lipinski definition) is 2. The molecule has 12 heteroatoms. The SMILES string of the molecule is CCCCCCOC(=O)N=C(N)c1ccc(NCc2nc3cc(C(=O)N(CCC(=O)OCC)c4ccccn4)ccc3n2CCC(C)CC)cc1. The van der Waals surface area contributed by atoms with Crippen molar-refractivity contribution < 1.29 is 23.9 Å². The zero-order valence-electron chi connectivity index (χ0n) is 30.3. The number of unbranched alkanes of at least 4 members (excludes halogenated alkanes) is 3. The normalized spacial score (nSPS) is 12.0. The van der Waals surface area contributed by atoms with Crippen molar-refractivity contribution in [3.05, 3.63) is 83.8 Å². The summed E-state index contributed by atoms with van der Waals surface area (Å²) in [6.07, 6.45) is 7.06. The number of nitrogens with one attached hydrogen (secondary N) is 1. The summed E-state index contributed by atoms with van der Waals surface area (Å²) in [7, 11) is 0. The van der Waals surface area contributed by atoms with E-state index in [4.69, 9.17) is 20.2 Å². The Labute approximate surface area is 300 Å². The van der Waals surface area contributed by atoms with Gasteiger partial charge in [-0.2, -0.15) is 4.99 Å². The number of amidine groups is 1. The van der Waals surface area contributed by atoms with E-state index in [1.165, 1.54) is 4.90 Å². The number of hydrogen-bond acceptors (Lipinski definition) is 8. The van der Waals surface area contributed by atoms with Crippen LogP contribution in [0.25, 0.3) is 11.0 Å². The molecule has 4 aromatic rings. The molecule has 4 rings (SSSR count). The lowest BCUT2D eigenvalue weighted by molar-refractivity contribution is -0.142. The monoisotopic (exact) mass is 697 g/mol. The quantitative estimate of drug-likeness (QED) is 0.0439. The fourth-order valence-electron chi connectivity index (χ4n) is 5.50. The van der Waals surface area contributed by atoms with Crippen LogP contribution in [0.15, 0.2) is 71.9 Å². The molecule has 1 atom stereocenters. The number of aryl methyl sites for hydroxylation is 1. The van der Waals surface area contributed by atoms with Gasteiger partial charge in [-0.3, -0.25) is 14.5 Å². The first-order chi connectivity index (χ1) is 24.7. The number of aliphatic imine (C=N–C) groups is 1. The van der Waals surface area contributed by atoms with Crippen LogP contribution in [0.5, 0.6) is 0 Å². The fourth-order valence-corrected chi connectivity index (χ4v) is 5.50. The van der Waals surface area contributed by atoms with E-state index in [-0.39, 0.29) is 37.3 Å². The number of ether oxygens (including phenoxy) is 2. The number of imidazole rings is 1. The van der Waals surface area contributed by atoms with E-state index in [9.17, 15) is 14.4 Å². The number of amides is 2. The molecule has 272 valence electrons. The Balaban J connectivity index is 1.51. The third-order valence-corrected chi connectivity index (χ3v) is 8.70. The Bertz CT molecular complexity index is 1760. The maximum absolute atomic E-state index is 13.9. The highest BCUT2D eigenvalue weighted by Gasteiger charge is 2.22. The van der Waals surface area contributed by atoms with Gasteiger partial charge in [-0.25, -0.2) is 14.8 Å². The van der Waals surface area contributed by atoms with E-state index in [2.05, 4.69) is 40.6 Å². The van der Waals surface area contributed by atoms with Crippen LogP contribution in [0.1, 0.15) is 94.4 Å². The molecule has 0 radical (unpaired) electrons. The topological polar surface area (TPSA) is 154 Å². The van der Waals surface area contributed by atoms with Crippen LogP contribution in [0.2, 0.25) is 0 Å². The molecule has 0 fully saturated rings. The van der Waals surface area contributed by atoms with E-state index >= 15 is 0 Å². The molecule has 2 amide bonds. The predicted molar refractivity (Wildman–Crippen MR) is 201 cm³/mol. The molecule has 1 unspecified atom stereocenters. The van der Waals surface area contributed by atoms with Gasteiger partial charge in [-0.15, -0.1) is 0 Å². The van der Waals surface area contributed by atoms with Crippen LogP contribution in [0, 0.1) is 5.92 Å². The van der Waals surface area contributed by atoms with Crippen molar-refractivity contribution in [2.45, 2.75) is 85.7 Å². The average Bonchev–Trinajstić information content (AvgIpc) is 3.50. The predicted octanol–water partition coefficient (Wildman–Crippen LogP) is 7.50. The molecule has 0 saturated carbocycles. The molecule has 0 aliphatic heterocycles. The van der Waals surface area contributed by atoms with E-state index < -0.39 is 6.09 Å². The number of nitrogens with two attached hydrogens (primary N) is 1. The van der Waals surface area contributed by atoms with E-state index in [0.717, 1.165) is 62.1 Å². The molecule has 51 heavy (non-hydrogen) atoms. The molecule has 0 spiro atoms. The van der Waals surface area contributed by atoms with Gasteiger partial charge in [0.25, 0.3) is 5.91 Å². The van der Waals surface area contributed by atoms with Crippen molar-refractivity contribution >= 4 is 46.3 Å². The first-order valence-corrected chi connectivity index (χ1v) is 18.0. The van der Waals surface area contributed by atoms with Crippen molar-refractivity contribution in [1.82, 2.24) is 14.5 Å². The number of anilines is 2. The summed E-state index contributed by atoms with van der Waals surface area (Å²) in [5, 5.41) is 3.45. The van der Waals surface area contributed by atoms with E-state index in [1.54, 1.807) is 55.6 Å². The first kappa shape index (κ1) is 38.5. The maximum Gasteiger partial charge on any atom is 0.435 e. The summed E-state index contributed by atoms with van der Waals surface area (Å²) in [6, 6.07) is 18.2. The first-order valence-electron chi connectivity index (χ1n) is 18.0. The number of esters is 1. The van der Waals surface area contributed by atoms with Gasteiger partial charge in [0.2, 0.25) is 0 Å². The van der Waals surface area contributed by atoms with Crippen molar-refractivity contribution in [1.29, 1.82) is 0 Å². The lowest BCUT2D eigenvalue weighted by Gasteiger charge is -2.21. The van der Waals surface area contributed by atoms with Crippen LogP contribution in [0.4, 0.5) is 16.3 Å². The standard InChI is InChI=1S/C39H51N7O5/c1-5-8-9-12-25-51-39(49)44-37(40)29-14-17-31(18-15-29)42-27-35-43-32-26-30(16-19-33(32)45(35)23-20-28(4)6-2)38(48)46(24-21-36(47)50-7-3)34-13-10-11-22-41-34/h10-11,13-19,22,26,28,42H,5-9,12,20-21,23-25,27H2,1-4H3,(H2,40,44,49). The van der Waals surface area contributed by atoms with Crippen molar-refractivity contribution in [2.24, 2.45) is 16.6 Å². The van der Waals surface area contributed by atoms with Crippen LogP contribution >= 0.6 is 0 Å². The average molecular weight is 698 g/mol. The van der Waals surface area contributed by atoms with Crippen molar-refractivity contribution in [2.75, 3.05) is 30.0 Å². The number of aromatic nitrogens is 3. The minimum atomic E-state index is -0.687. The summed E-state index contributed by atoms with van der Waals surface area (Å²) in [5.41, 5.74) is 9.61. The Morgan fingerprint density at radius 2 is 1.76 bits per heavy atom. The largest absolute Gasteiger partial charge is 0.466 e. The fraction of sp³-hybridized carbons (Fsp3) is 0.436. The summed E-state index contributed by atoms with van der Waals surface area (Å²) in [5.74, 6) is 1.25. The Morgan fingerprint density at radius 1 is 0.980 bits per heavy atom. The number of nitrogens with zero attached hydrogens (tertiary/aromatic N) is 5. The molecule has 0 aliphatic carbocycles. The summed E-state index contributed by atoms with van der Waals surface area (Å²) in [6.45, 7) is 10.2. The van der Waals surface area contributed by atoms with E-state index in [1.807, 2.05) is 18.2 Å². The Hall–Kier alpha value is -5.26. The molecule has 0 saturated heterocycles. The van der Waals surface area contributed by atoms with Crippen molar-refractivity contribution in [3.63, 3.8) is 0 Å². The van der Waals surface area contributed by atoms with Gasteiger partial charge >= 0.3 is 12.1 Å². The van der Waals surface area contributed by atoms with Gasteiger partial charge in [0, 0.05) is 36.1 Å². The molecule has 2 aromatic carbocycles. The van der Waals surface area contributed by atoms with Gasteiger partial charge in [0.1, 0.15) is 17.5 Å². The van der Waals surface area contributed by atoms with Crippen molar-refractivity contribution in [3.8, 4) is 0 Å². The highest BCUT2D eigenvalue weighted by molar-refractivity contribution is 6.07. The Kier molecular flexibility index (Phi) is 15.0. The molecule has 3 N–H and O–H groups in total. The van der Waals surface area contributed by atoms with Crippen LogP contribution < -0.4 is 16.0 Å². The van der Waals surface area contributed by atoms with Gasteiger partial charge in [-0.05, 0) is 80.3 Å².